The van der Waals surface area contributed by atoms with Gasteiger partial charge in [0, 0.05) is 11.5 Å². The summed E-state index contributed by atoms with van der Waals surface area (Å²) in [6.45, 7) is 0.218. The molecule has 2 aromatic rings. The Kier molecular flexibility index (Phi) is 4.73. The number of aromatic nitrogens is 1. The lowest BCUT2D eigenvalue weighted by Crippen LogP contribution is -1.97. The number of rotatable bonds is 6. The van der Waals surface area contributed by atoms with Crippen molar-refractivity contribution in [1.82, 2.24) is 4.98 Å². The van der Waals surface area contributed by atoms with Crippen LogP contribution in [-0.4, -0.2) is 16.7 Å². The van der Waals surface area contributed by atoms with Crippen molar-refractivity contribution in [2.24, 2.45) is 0 Å². The molecule has 0 aliphatic heterocycles. The highest BCUT2D eigenvalue weighted by Gasteiger charge is 2.09. The molecule has 0 saturated heterocycles. The van der Waals surface area contributed by atoms with E-state index < -0.39 is 0 Å². The molecule has 3 nitrogen and oxygen atoms in total. The monoisotopic (exact) mass is 262 g/mol. The molecule has 0 unspecified atom stereocenters. The van der Waals surface area contributed by atoms with Gasteiger partial charge in [-0.1, -0.05) is 30.3 Å². The van der Waals surface area contributed by atoms with Gasteiger partial charge in [0.1, 0.15) is 0 Å². The summed E-state index contributed by atoms with van der Waals surface area (Å²) in [5.41, 5.74) is 8.17. The number of aliphatic hydroxyl groups excluding tert-OH is 1. The Labute approximate surface area is 111 Å². The molecular formula is C14H18N2OS. The second-order valence-electron chi connectivity index (χ2n) is 4.23. The van der Waals surface area contributed by atoms with E-state index in [0.29, 0.717) is 5.13 Å². The van der Waals surface area contributed by atoms with Gasteiger partial charge in [0.25, 0.3) is 0 Å². The Morgan fingerprint density at radius 3 is 2.61 bits per heavy atom. The van der Waals surface area contributed by atoms with Crippen molar-refractivity contribution >= 4 is 16.5 Å². The smallest absolute Gasteiger partial charge is 0.180 e. The van der Waals surface area contributed by atoms with Crippen LogP contribution < -0.4 is 5.73 Å². The van der Waals surface area contributed by atoms with Gasteiger partial charge in [0.15, 0.2) is 5.13 Å². The second kappa shape index (κ2) is 6.52. The molecule has 0 aliphatic carbocycles. The van der Waals surface area contributed by atoms with E-state index in [-0.39, 0.29) is 6.61 Å². The number of aliphatic hydroxyl groups is 1. The molecular weight excluding hydrogens is 244 g/mol. The maximum Gasteiger partial charge on any atom is 0.180 e. The molecule has 0 fully saturated rings. The summed E-state index contributed by atoms with van der Waals surface area (Å²) in [7, 11) is 0. The summed E-state index contributed by atoms with van der Waals surface area (Å²) < 4.78 is 0. The first-order chi connectivity index (χ1) is 8.79. The molecule has 1 aromatic carbocycles. The van der Waals surface area contributed by atoms with E-state index in [0.717, 1.165) is 31.4 Å². The topological polar surface area (TPSA) is 59.1 Å². The van der Waals surface area contributed by atoms with Crippen LogP contribution in [0.4, 0.5) is 5.13 Å². The summed E-state index contributed by atoms with van der Waals surface area (Å²) in [5.74, 6) is 0. The van der Waals surface area contributed by atoms with Crippen LogP contribution in [0, 0.1) is 0 Å². The summed E-state index contributed by atoms with van der Waals surface area (Å²) in [6, 6.07) is 10.4. The van der Waals surface area contributed by atoms with Gasteiger partial charge < -0.3 is 10.8 Å². The first-order valence-corrected chi connectivity index (χ1v) is 7.00. The summed E-state index contributed by atoms with van der Waals surface area (Å²) in [4.78, 5) is 5.61. The molecule has 3 N–H and O–H groups in total. The van der Waals surface area contributed by atoms with Crippen molar-refractivity contribution in [2.45, 2.75) is 25.7 Å². The summed E-state index contributed by atoms with van der Waals surface area (Å²) >= 11 is 1.55. The standard InChI is InChI=1S/C14H18N2OS/c15-14-16-12(13(18-14)7-4-10-17)9-8-11-5-2-1-3-6-11/h1-3,5-6,17H,4,7-10H2,(H2,15,16). The maximum atomic E-state index is 8.89. The predicted molar refractivity (Wildman–Crippen MR) is 75.8 cm³/mol. The van der Waals surface area contributed by atoms with Crippen LogP contribution in [0.25, 0.3) is 0 Å². The number of aryl methyl sites for hydroxylation is 3. The fourth-order valence-corrected chi connectivity index (χ4v) is 2.86. The number of benzene rings is 1. The third kappa shape index (κ3) is 3.55. The SMILES string of the molecule is Nc1nc(CCc2ccccc2)c(CCCO)s1. The zero-order valence-corrected chi connectivity index (χ0v) is 11.1. The van der Waals surface area contributed by atoms with Crippen molar-refractivity contribution in [1.29, 1.82) is 0 Å². The van der Waals surface area contributed by atoms with Gasteiger partial charge in [-0.05, 0) is 31.2 Å². The molecule has 0 radical (unpaired) electrons. The molecule has 1 heterocycles. The van der Waals surface area contributed by atoms with E-state index in [1.54, 1.807) is 11.3 Å². The number of hydrogen-bond donors (Lipinski definition) is 2. The minimum Gasteiger partial charge on any atom is -0.396 e. The lowest BCUT2D eigenvalue weighted by Gasteiger charge is -2.02. The van der Waals surface area contributed by atoms with E-state index in [9.17, 15) is 0 Å². The average molecular weight is 262 g/mol. The van der Waals surface area contributed by atoms with Crippen LogP contribution >= 0.6 is 11.3 Å². The Balaban J connectivity index is 2.00. The van der Waals surface area contributed by atoms with Crippen molar-refractivity contribution in [3.63, 3.8) is 0 Å². The number of nitrogen functional groups attached to an aromatic ring is 1. The molecule has 1 aromatic heterocycles. The lowest BCUT2D eigenvalue weighted by atomic mass is 10.1. The van der Waals surface area contributed by atoms with Crippen molar-refractivity contribution in [3.05, 3.63) is 46.5 Å². The maximum absolute atomic E-state index is 8.89. The van der Waals surface area contributed by atoms with E-state index in [2.05, 4.69) is 29.2 Å². The van der Waals surface area contributed by atoms with Crippen molar-refractivity contribution in [2.75, 3.05) is 12.3 Å². The summed E-state index contributed by atoms with van der Waals surface area (Å²) in [5, 5.41) is 9.52. The highest BCUT2D eigenvalue weighted by molar-refractivity contribution is 7.15. The highest BCUT2D eigenvalue weighted by atomic mass is 32.1. The van der Waals surface area contributed by atoms with E-state index in [4.69, 9.17) is 10.8 Å². The first-order valence-electron chi connectivity index (χ1n) is 6.18. The average Bonchev–Trinajstić information content (AvgIpc) is 2.75. The minimum atomic E-state index is 0.218. The van der Waals surface area contributed by atoms with E-state index >= 15 is 0 Å². The number of nitrogens with zero attached hydrogens (tertiary/aromatic N) is 1. The van der Waals surface area contributed by atoms with Crippen molar-refractivity contribution in [3.8, 4) is 0 Å². The minimum absolute atomic E-state index is 0.218. The molecule has 96 valence electrons. The van der Waals surface area contributed by atoms with Crippen LogP contribution in [0.2, 0.25) is 0 Å². The van der Waals surface area contributed by atoms with E-state index in [1.807, 2.05) is 6.07 Å². The predicted octanol–water partition coefficient (Wildman–Crippen LogP) is 2.44. The molecule has 0 saturated carbocycles. The molecule has 2 rings (SSSR count). The number of anilines is 1. The Morgan fingerprint density at radius 2 is 1.89 bits per heavy atom. The quantitative estimate of drug-likeness (QED) is 0.840. The number of nitrogens with two attached hydrogens (primary N) is 1. The normalized spacial score (nSPS) is 10.7. The molecule has 0 atom stereocenters. The summed E-state index contributed by atoms with van der Waals surface area (Å²) in [6.07, 6.45) is 3.55. The Bertz CT molecular complexity index is 482. The third-order valence-corrected chi connectivity index (χ3v) is 3.84. The van der Waals surface area contributed by atoms with Crippen molar-refractivity contribution < 1.29 is 5.11 Å². The van der Waals surface area contributed by atoms with Gasteiger partial charge in [0.05, 0.1) is 5.69 Å². The number of hydrogen-bond acceptors (Lipinski definition) is 4. The molecule has 0 aliphatic rings. The van der Waals surface area contributed by atoms with Gasteiger partial charge >= 0.3 is 0 Å². The number of thiazole rings is 1. The molecule has 4 heteroatoms. The van der Waals surface area contributed by atoms with Crippen LogP contribution in [0.3, 0.4) is 0 Å². The molecule has 0 bridgehead atoms. The van der Waals surface area contributed by atoms with Gasteiger partial charge in [-0.25, -0.2) is 4.98 Å². The largest absolute Gasteiger partial charge is 0.396 e. The zero-order valence-electron chi connectivity index (χ0n) is 10.3. The van der Waals surface area contributed by atoms with Gasteiger partial charge in [-0.2, -0.15) is 0 Å². The van der Waals surface area contributed by atoms with Crippen LogP contribution in [0.5, 0.6) is 0 Å². The van der Waals surface area contributed by atoms with Crippen LogP contribution in [0.15, 0.2) is 30.3 Å². The van der Waals surface area contributed by atoms with Crippen LogP contribution in [0.1, 0.15) is 22.6 Å². The fraction of sp³-hybridized carbons (Fsp3) is 0.357. The van der Waals surface area contributed by atoms with Gasteiger partial charge in [-0.3, -0.25) is 0 Å². The first kappa shape index (κ1) is 13.1. The van der Waals surface area contributed by atoms with Gasteiger partial charge in [-0.15, -0.1) is 11.3 Å². The van der Waals surface area contributed by atoms with E-state index in [1.165, 1.54) is 10.4 Å². The molecule has 0 amide bonds. The van der Waals surface area contributed by atoms with Crippen LogP contribution in [-0.2, 0) is 19.3 Å². The molecule has 18 heavy (non-hydrogen) atoms. The Hall–Kier alpha value is -1.39. The highest BCUT2D eigenvalue weighted by Crippen LogP contribution is 2.23. The lowest BCUT2D eigenvalue weighted by molar-refractivity contribution is 0.289. The third-order valence-electron chi connectivity index (χ3n) is 2.85. The fourth-order valence-electron chi connectivity index (χ4n) is 1.94. The molecule has 0 spiro atoms. The second-order valence-corrected chi connectivity index (χ2v) is 5.35. The Morgan fingerprint density at radius 1 is 1.11 bits per heavy atom. The zero-order chi connectivity index (χ0) is 12.8. The van der Waals surface area contributed by atoms with Gasteiger partial charge in [0.2, 0.25) is 0 Å².